The maximum Gasteiger partial charge on any atom is 0.242 e. The van der Waals surface area contributed by atoms with Crippen LogP contribution in [0.4, 0.5) is 0 Å². The summed E-state index contributed by atoms with van der Waals surface area (Å²) in [5.74, 6) is 0. The van der Waals surface area contributed by atoms with Gasteiger partial charge in [0.05, 0.1) is 11.6 Å². The molecule has 21 heavy (non-hydrogen) atoms. The van der Waals surface area contributed by atoms with Crippen LogP contribution in [0.15, 0.2) is 41.6 Å². The Bertz CT molecular complexity index is 701. The summed E-state index contributed by atoms with van der Waals surface area (Å²) in [6.45, 7) is 2.45. The predicted octanol–water partition coefficient (Wildman–Crippen LogP) is 1.36. The standard InChI is InChI=1S/C13H17ClN4O2S/c1-10(9-18-6-2-5-16-18)17-21(19,20)13-7-11(8-15)3-4-12(13)14/h2-7,10,17H,8-9,15H2,1H3. The number of nitrogens with two attached hydrogens (primary N) is 1. The molecule has 8 heteroatoms. The van der Waals surface area contributed by atoms with Crippen LogP contribution in [0.3, 0.4) is 0 Å². The van der Waals surface area contributed by atoms with E-state index in [-0.39, 0.29) is 22.5 Å². The molecule has 0 aliphatic rings. The fourth-order valence-corrected chi connectivity index (χ4v) is 3.72. The lowest BCUT2D eigenvalue weighted by Crippen LogP contribution is -2.36. The quantitative estimate of drug-likeness (QED) is 0.837. The third kappa shape index (κ3) is 4.04. The first kappa shape index (κ1) is 16.0. The van der Waals surface area contributed by atoms with Crippen molar-refractivity contribution in [2.75, 3.05) is 0 Å². The number of hydrogen-bond acceptors (Lipinski definition) is 4. The van der Waals surface area contributed by atoms with Crippen LogP contribution >= 0.6 is 11.6 Å². The Balaban J connectivity index is 2.18. The molecule has 0 aliphatic carbocycles. The van der Waals surface area contributed by atoms with Crippen LogP contribution in [-0.2, 0) is 23.1 Å². The number of nitrogens with one attached hydrogen (secondary N) is 1. The van der Waals surface area contributed by atoms with Gasteiger partial charge in [-0.15, -0.1) is 0 Å². The van der Waals surface area contributed by atoms with Gasteiger partial charge in [0.2, 0.25) is 10.0 Å². The summed E-state index contributed by atoms with van der Waals surface area (Å²) < 4.78 is 29.0. The first-order valence-electron chi connectivity index (χ1n) is 6.40. The average Bonchev–Trinajstić information content (AvgIpc) is 2.91. The minimum atomic E-state index is -3.70. The van der Waals surface area contributed by atoms with Crippen molar-refractivity contribution >= 4 is 21.6 Å². The lowest BCUT2D eigenvalue weighted by molar-refractivity contribution is 0.494. The number of hydrogen-bond donors (Lipinski definition) is 2. The zero-order valence-corrected chi connectivity index (χ0v) is 13.1. The number of benzene rings is 1. The largest absolute Gasteiger partial charge is 0.326 e. The summed E-state index contributed by atoms with van der Waals surface area (Å²) >= 11 is 5.99. The van der Waals surface area contributed by atoms with E-state index < -0.39 is 10.0 Å². The van der Waals surface area contributed by atoms with Crippen LogP contribution in [0.2, 0.25) is 5.02 Å². The highest BCUT2D eigenvalue weighted by Gasteiger charge is 2.21. The van der Waals surface area contributed by atoms with Crippen LogP contribution in [0.1, 0.15) is 12.5 Å². The molecule has 6 nitrogen and oxygen atoms in total. The summed E-state index contributed by atoms with van der Waals surface area (Å²) in [6, 6.07) is 6.19. The number of aromatic nitrogens is 2. The Kier molecular flexibility index (Phi) is 5.00. The van der Waals surface area contributed by atoms with Gasteiger partial charge in [0.25, 0.3) is 0 Å². The van der Waals surface area contributed by atoms with E-state index in [9.17, 15) is 8.42 Å². The minimum absolute atomic E-state index is 0.0411. The van der Waals surface area contributed by atoms with Gasteiger partial charge in [0, 0.05) is 25.0 Å². The van der Waals surface area contributed by atoms with Gasteiger partial charge in [-0.3, -0.25) is 4.68 Å². The van der Waals surface area contributed by atoms with E-state index in [1.165, 1.54) is 12.1 Å². The van der Waals surface area contributed by atoms with Crippen molar-refractivity contribution in [3.8, 4) is 0 Å². The third-order valence-corrected chi connectivity index (χ3v) is 4.97. The molecule has 0 amide bonds. The predicted molar refractivity (Wildman–Crippen MR) is 81.4 cm³/mol. The van der Waals surface area contributed by atoms with Gasteiger partial charge in [-0.1, -0.05) is 17.7 Å². The normalized spacial score (nSPS) is 13.3. The summed E-state index contributed by atoms with van der Waals surface area (Å²) in [5.41, 5.74) is 6.24. The van der Waals surface area contributed by atoms with Gasteiger partial charge in [-0.25, -0.2) is 13.1 Å². The Hall–Kier alpha value is -1.41. The topological polar surface area (TPSA) is 90.0 Å². The molecule has 0 spiro atoms. The number of sulfonamides is 1. The van der Waals surface area contributed by atoms with Crippen molar-refractivity contribution in [3.05, 3.63) is 47.2 Å². The Morgan fingerprint density at radius 1 is 1.48 bits per heavy atom. The van der Waals surface area contributed by atoms with Crippen LogP contribution < -0.4 is 10.5 Å². The van der Waals surface area contributed by atoms with Crippen molar-refractivity contribution in [1.29, 1.82) is 0 Å². The fraction of sp³-hybridized carbons (Fsp3) is 0.308. The van der Waals surface area contributed by atoms with Crippen molar-refractivity contribution in [3.63, 3.8) is 0 Å². The van der Waals surface area contributed by atoms with Crippen molar-refractivity contribution in [2.24, 2.45) is 5.73 Å². The lowest BCUT2D eigenvalue weighted by Gasteiger charge is -2.15. The summed E-state index contributed by atoms with van der Waals surface area (Å²) in [5, 5.41) is 4.22. The molecule has 2 aromatic rings. The van der Waals surface area contributed by atoms with Crippen LogP contribution in [0.5, 0.6) is 0 Å². The Morgan fingerprint density at radius 2 is 2.24 bits per heavy atom. The second kappa shape index (κ2) is 6.57. The van der Waals surface area contributed by atoms with E-state index in [4.69, 9.17) is 17.3 Å². The SMILES string of the molecule is CC(Cn1cccn1)NS(=O)(=O)c1cc(CN)ccc1Cl. The number of nitrogens with zero attached hydrogens (tertiary/aromatic N) is 2. The molecule has 0 fully saturated rings. The summed E-state index contributed by atoms with van der Waals surface area (Å²) in [4.78, 5) is 0.0411. The monoisotopic (exact) mass is 328 g/mol. The van der Waals surface area contributed by atoms with Gasteiger partial charge < -0.3 is 5.73 Å². The molecule has 1 heterocycles. The van der Waals surface area contributed by atoms with Gasteiger partial charge in [-0.05, 0) is 30.7 Å². The molecule has 1 atom stereocenters. The maximum absolute atomic E-state index is 12.4. The van der Waals surface area contributed by atoms with Gasteiger partial charge in [0.1, 0.15) is 4.90 Å². The molecule has 0 saturated carbocycles. The van der Waals surface area contributed by atoms with E-state index in [1.807, 2.05) is 0 Å². The summed E-state index contributed by atoms with van der Waals surface area (Å²) in [7, 11) is -3.70. The molecule has 2 rings (SSSR count). The molecule has 0 saturated heterocycles. The molecule has 114 valence electrons. The second-order valence-corrected chi connectivity index (χ2v) is 6.81. The Morgan fingerprint density at radius 3 is 2.86 bits per heavy atom. The zero-order chi connectivity index (χ0) is 15.5. The molecule has 1 aromatic carbocycles. The van der Waals surface area contributed by atoms with Crippen molar-refractivity contribution in [1.82, 2.24) is 14.5 Å². The third-order valence-electron chi connectivity index (χ3n) is 2.90. The van der Waals surface area contributed by atoms with Gasteiger partial charge in [0.15, 0.2) is 0 Å². The molecule has 0 bridgehead atoms. The molecule has 0 aliphatic heterocycles. The summed E-state index contributed by atoms with van der Waals surface area (Å²) in [6.07, 6.45) is 3.41. The van der Waals surface area contributed by atoms with E-state index in [0.29, 0.717) is 12.1 Å². The average molecular weight is 329 g/mol. The zero-order valence-electron chi connectivity index (χ0n) is 11.5. The highest BCUT2D eigenvalue weighted by molar-refractivity contribution is 7.89. The lowest BCUT2D eigenvalue weighted by atomic mass is 10.2. The molecule has 0 radical (unpaired) electrons. The fourth-order valence-electron chi connectivity index (χ4n) is 1.94. The second-order valence-electron chi connectivity index (χ2n) is 4.72. The smallest absolute Gasteiger partial charge is 0.242 e. The van der Waals surface area contributed by atoms with Crippen molar-refractivity contribution < 1.29 is 8.42 Å². The highest BCUT2D eigenvalue weighted by Crippen LogP contribution is 2.22. The minimum Gasteiger partial charge on any atom is -0.326 e. The van der Waals surface area contributed by atoms with Crippen LogP contribution in [-0.4, -0.2) is 24.2 Å². The number of halogens is 1. The van der Waals surface area contributed by atoms with E-state index in [2.05, 4.69) is 9.82 Å². The molecular weight excluding hydrogens is 312 g/mol. The van der Waals surface area contributed by atoms with Crippen LogP contribution in [0, 0.1) is 0 Å². The molecule has 1 aromatic heterocycles. The highest BCUT2D eigenvalue weighted by atomic mass is 35.5. The van der Waals surface area contributed by atoms with E-state index >= 15 is 0 Å². The molecule has 3 N–H and O–H groups in total. The van der Waals surface area contributed by atoms with Gasteiger partial charge >= 0.3 is 0 Å². The van der Waals surface area contributed by atoms with Gasteiger partial charge in [-0.2, -0.15) is 5.10 Å². The van der Waals surface area contributed by atoms with Crippen molar-refractivity contribution in [2.45, 2.75) is 31.0 Å². The number of rotatable bonds is 6. The Labute approximate surface area is 129 Å². The molecule has 1 unspecified atom stereocenters. The first-order valence-corrected chi connectivity index (χ1v) is 8.27. The van der Waals surface area contributed by atoms with Crippen LogP contribution in [0.25, 0.3) is 0 Å². The van der Waals surface area contributed by atoms with E-state index in [1.54, 1.807) is 36.1 Å². The molecular formula is C13H17ClN4O2S. The van der Waals surface area contributed by atoms with E-state index in [0.717, 1.165) is 0 Å². The first-order chi connectivity index (χ1) is 9.92. The maximum atomic E-state index is 12.4.